The Morgan fingerprint density at radius 2 is 2.16 bits per heavy atom. The monoisotopic (exact) mass is 322 g/mol. The van der Waals surface area contributed by atoms with Gasteiger partial charge in [-0.1, -0.05) is 0 Å². The van der Waals surface area contributed by atoms with E-state index in [1.807, 2.05) is 6.92 Å². The van der Waals surface area contributed by atoms with Gasteiger partial charge in [-0.3, -0.25) is 9.78 Å². The Bertz CT molecular complexity index is 622. The van der Waals surface area contributed by atoms with Gasteiger partial charge in [-0.05, 0) is 35.8 Å². The number of anilines is 1. The Balaban J connectivity index is 2.24. The van der Waals surface area contributed by atoms with Crippen LogP contribution in [0.15, 0.2) is 33.9 Å². The van der Waals surface area contributed by atoms with Crippen molar-refractivity contribution in [2.45, 2.75) is 20.4 Å². The summed E-state index contributed by atoms with van der Waals surface area (Å²) in [5.41, 5.74) is 1.44. The molecule has 2 aromatic heterocycles. The first kappa shape index (κ1) is 13.7. The summed E-state index contributed by atoms with van der Waals surface area (Å²) in [6, 6.07) is 1.80. The Hall–Kier alpha value is -1.69. The molecule has 0 aliphatic carbocycles. The lowest BCUT2D eigenvalue weighted by atomic mass is 10.3. The summed E-state index contributed by atoms with van der Waals surface area (Å²) in [7, 11) is 0. The first-order chi connectivity index (χ1) is 9.10. The minimum absolute atomic E-state index is 0.0132. The molecule has 0 aliphatic rings. The topological polar surface area (TPSA) is 59.8 Å². The van der Waals surface area contributed by atoms with Crippen LogP contribution in [-0.4, -0.2) is 21.1 Å². The fourth-order valence-electron chi connectivity index (χ4n) is 1.74. The quantitative estimate of drug-likeness (QED) is 0.937. The number of hydrogen-bond acceptors (Lipinski definition) is 4. The Kier molecular flexibility index (Phi) is 4.31. The summed E-state index contributed by atoms with van der Waals surface area (Å²) in [6.45, 7) is 5.01. The highest BCUT2D eigenvalue weighted by Gasteiger charge is 2.04. The number of rotatable bonds is 4. The maximum atomic E-state index is 12.0. The van der Waals surface area contributed by atoms with E-state index in [0.29, 0.717) is 12.1 Å². The number of halogens is 1. The maximum absolute atomic E-state index is 12.0. The third-order valence-corrected chi connectivity index (χ3v) is 3.06. The van der Waals surface area contributed by atoms with Crippen molar-refractivity contribution in [3.63, 3.8) is 0 Å². The van der Waals surface area contributed by atoms with Crippen molar-refractivity contribution in [3.05, 3.63) is 50.7 Å². The SMILES string of the molecule is CCNc1cnc(Cn2cc(Br)cc(C)c2=O)cn1. The summed E-state index contributed by atoms with van der Waals surface area (Å²) in [5.74, 6) is 0.740. The van der Waals surface area contributed by atoms with Crippen LogP contribution < -0.4 is 10.9 Å². The van der Waals surface area contributed by atoms with E-state index in [1.54, 1.807) is 36.1 Å². The van der Waals surface area contributed by atoms with Crippen LogP contribution in [0.4, 0.5) is 5.82 Å². The van der Waals surface area contributed by atoms with Crippen LogP contribution in [0.25, 0.3) is 0 Å². The van der Waals surface area contributed by atoms with Gasteiger partial charge in [0.15, 0.2) is 0 Å². The summed E-state index contributed by atoms with van der Waals surface area (Å²) >= 11 is 3.39. The van der Waals surface area contributed by atoms with Crippen molar-refractivity contribution in [1.82, 2.24) is 14.5 Å². The average molecular weight is 323 g/mol. The predicted octanol–water partition coefficient (Wildman–Crippen LogP) is 2.19. The van der Waals surface area contributed by atoms with Gasteiger partial charge < -0.3 is 9.88 Å². The molecule has 0 saturated heterocycles. The van der Waals surface area contributed by atoms with Crippen LogP contribution in [0.2, 0.25) is 0 Å². The van der Waals surface area contributed by atoms with Crippen LogP contribution >= 0.6 is 15.9 Å². The minimum Gasteiger partial charge on any atom is -0.369 e. The predicted molar refractivity (Wildman–Crippen MR) is 78.4 cm³/mol. The Labute approximate surface area is 119 Å². The van der Waals surface area contributed by atoms with Gasteiger partial charge in [0.2, 0.25) is 0 Å². The molecular weight excluding hydrogens is 308 g/mol. The van der Waals surface area contributed by atoms with E-state index in [2.05, 4.69) is 31.2 Å². The molecule has 2 heterocycles. The van der Waals surface area contributed by atoms with Crippen LogP contribution in [0.1, 0.15) is 18.2 Å². The van der Waals surface area contributed by atoms with Crippen molar-refractivity contribution in [2.24, 2.45) is 0 Å². The molecule has 0 unspecified atom stereocenters. The molecule has 5 nitrogen and oxygen atoms in total. The van der Waals surface area contributed by atoms with Gasteiger partial charge >= 0.3 is 0 Å². The molecule has 0 atom stereocenters. The number of pyridine rings is 1. The molecular formula is C13H15BrN4O. The summed E-state index contributed by atoms with van der Waals surface area (Å²) < 4.78 is 2.50. The van der Waals surface area contributed by atoms with Crippen molar-refractivity contribution in [2.75, 3.05) is 11.9 Å². The second-order valence-electron chi connectivity index (χ2n) is 4.20. The molecule has 19 heavy (non-hydrogen) atoms. The summed E-state index contributed by atoms with van der Waals surface area (Å²) in [6.07, 6.45) is 5.12. The number of hydrogen-bond donors (Lipinski definition) is 1. The van der Waals surface area contributed by atoms with Gasteiger partial charge in [0.05, 0.1) is 24.6 Å². The summed E-state index contributed by atoms with van der Waals surface area (Å²) in [5, 5.41) is 3.08. The van der Waals surface area contributed by atoms with E-state index in [9.17, 15) is 4.79 Å². The molecule has 0 bridgehead atoms. The van der Waals surface area contributed by atoms with Gasteiger partial charge in [0, 0.05) is 22.8 Å². The molecule has 6 heteroatoms. The molecule has 0 fully saturated rings. The van der Waals surface area contributed by atoms with Crippen LogP contribution in [0, 0.1) is 6.92 Å². The minimum atomic E-state index is -0.0132. The van der Waals surface area contributed by atoms with E-state index in [-0.39, 0.29) is 5.56 Å². The second-order valence-corrected chi connectivity index (χ2v) is 5.11. The zero-order chi connectivity index (χ0) is 13.8. The largest absolute Gasteiger partial charge is 0.369 e. The number of nitrogens with zero attached hydrogens (tertiary/aromatic N) is 3. The zero-order valence-corrected chi connectivity index (χ0v) is 12.4. The van der Waals surface area contributed by atoms with E-state index < -0.39 is 0 Å². The maximum Gasteiger partial charge on any atom is 0.253 e. The van der Waals surface area contributed by atoms with Gasteiger partial charge in [-0.25, -0.2) is 4.98 Å². The third kappa shape index (κ3) is 3.41. The molecule has 0 spiro atoms. The smallest absolute Gasteiger partial charge is 0.253 e. The van der Waals surface area contributed by atoms with Gasteiger partial charge in [-0.2, -0.15) is 0 Å². The molecule has 100 valence electrons. The molecule has 0 radical (unpaired) electrons. The average Bonchev–Trinajstić information content (AvgIpc) is 2.38. The van der Waals surface area contributed by atoms with E-state index in [4.69, 9.17) is 0 Å². The number of nitrogens with one attached hydrogen (secondary N) is 1. The molecule has 0 aromatic carbocycles. The van der Waals surface area contributed by atoms with Crippen molar-refractivity contribution in [3.8, 4) is 0 Å². The third-order valence-electron chi connectivity index (χ3n) is 2.63. The second kappa shape index (κ2) is 5.97. The van der Waals surface area contributed by atoms with E-state index in [1.165, 1.54) is 0 Å². The number of aryl methyl sites for hydroxylation is 1. The highest BCUT2D eigenvalue weighted by molar-refractivity contribution is 9.10. The lowest BCUT2D eigenvalue weighted by Gasteiger charge is -2.08. The van der Waals surface area contributed by atoms with Crippen LogP contribution in [-0.2, 0) is 6.54 Å². The molecule has 0 aliphatic heterocycles. The molecule has 2 rings (SSSR count). The Morgan fingerprint density at radius 1 is 1.37 bits per heavy atom. The van der Waals surface area contributed by atoms with Gasteiger partial charge in [-0.15, -0.1) is 0 Å². The molecule has 1 N–H and O–H groups in total. The standard InChI is InChI=1S/C13H15BrN4O/c1-3-15-12-6-16-11(5-17-12)8-18-7-10(14)4-9(2)13(18)19/h4-7H,3,8H2,1-2H3,(H,15,17). The lowest BCUT2D eigenvalue weighted by molar-refractivity contribution is 0.726. The zero-order valence-electron chi connectivity index (χ0n) is 10.9. The molecule has 0 saturated carbocycles. The van der Waals surface area contributed by atoms with E-state index >= 15 is 0 Å². The first-order valence-electron chi connectivity index (χ1n) is 6.01. The fraction of sp³-hybridized carbons (Fsp3) is 0.308. The number of aromatic nitrogens is 3. The van der Waals surface area contributed by atoms with Crippen molar-refractivity contribution >= 4 is 21.7 Å². The summed E-state index contributed by atoms with van der Waals surface area (Å²) in [4.78, 5) is 20.5. The molecule has 0 amide bonds. The van der Waals surface area contributed by atoms with Crippen LogP contribution in [0.3, 0.4) is 0 Å². The van der Waals surface area contributed by atoms with Crippen molar-refractivity contribution in [1.29, 1.82) is 0 Å². The van der Waals surface area contributed by atoms with Crippen molar-refractivity contribution < 1.29 is 0 Å². The first-order valence-corrected chi connectivity index (χ1v) is 6.81. The fourth-order valence-corrected chi connectivity index (χ4v) is 2.33. The van der Waals surface area contributed by atoms with E-state index in [0.717, 1.165) is 22.5 Å². The molecule has 2 aromatic rings. The highest BCUT2D eigenvalue weighted by Crippen LogP contribution is 2.09. The highest BCUT2D eigenvalue weighted by atomic mass is 79.9. The van der Waals surface area contributed by atoms with Gasteiger partial charge in [0.25, 0.3) is 5.56 Å². The van der Waals surface area contributed by atoms with Crippen LogP contribution in [0.5, 0.6) is 0 Å². The van der Waals surface area contributed by atoms with Gasteiger partial charge in [0.1, 0.15) is 5.82 Å². The Morgan fingerprint density at radius 3 is 2.79 bits per heavy atom. The normalized spacial score (nSPS) is 10.5. The lowest BCUT2D eigenvalue weighted by Crippen LogP contribution is -2.22.